The summed E-state index contributed by atoms with van der Waals surface area (Å²) in [4.78, 5) is 11.9. The first-order valence-electron chi connectivity index (χ1n) is 5.62. The Bertz CT molecular complexity index is 558. The molecule has 1 aromatic rings. The highest BCUT2D eigenvalue weighted by atomic mass is 35.7. The van der Waals surface area contributed by atoms with Crippen LogP contribution in [0.15, 0.2) is 29.2 Å². The second-order valence-electron chi connectivity index (χ2n) is 4.26. The minimum Gasteiger partial charge on any atom is -0.465 e. The third-order valence-electron chi connectivity index (χ3n) is 3.10. The van der Waals surface area contributed by atoms with Gasteiger partial charge >= 0.3 is 5.97 Å². The van der Waals surface area contributed by atoms with E-state index in [1.54, 1.807) is 19.1 Å². The molecule has 6 heteroatoms. The maximum absolute atomic E-state index is 11.8. The molecule has 0 radical (unpaired) electrons. The maximum atomic E-state index is 11.8. The van der Waals surface area contributed by atoms with Crippen molar-refractivity contribution in [2.24, 2.45) is 0 Å². The van der Waals surface area contributed by atoms with E-state index in [4.69, 9.17) is 15.4 Å². The lowest BCUT2D eigenvalue weighted by Crippen LogP contribution is -2.23. The van der Waals surface area contributed by atoms with Crippen LogP contribution < -0.4 is 0 Å². The van der Waals surface area contributed by atoms with Gasteiger partial charge in [-0.05, 0) is 37.5 Å². The van der Waals surface area contributed by atoms with Crippen LogP contribution in [0.5, 0.6) is 0 Å². The van der Waals surface area contributed by atoms with Gasteiger partial charge in [0.15, 0.2) is 0 Å². The Morgan fingerprint density at radius 1 is 1.33 bits per heavy atom. The summed E-state index contributed by atoms with van der Waals surface area (Å²) in [6, 6.07) is 6.08. The Labute approximate surface area is 110 Å². The standard InChI is InChI=1S/C12H13ClO4S/c1-2-17-11(14)12(7-8-12)9-3-5-10(6-4-9)18(13,15)16/h3-6H,2,7-8H2,1H3. The zero-order valence-electron chi connectivity index (χ0n) is 9.85. The Hall–Kier alpha value is -1.07. The van der Waals surface area contributed by atoms with Crippen molar-refractivity contribution in [2.45, 2.75) is 30.1 Å². The third-order valence-corrected chi connectivity index (χ3v) is 4.47. The number of esters is 1. The Balaban J connectivity index is 2.28. The van der Waals surface area contributed by atoms with Crippen molar-refractivity contribution in [1.82, 2.24) is 0 Å². The van der Waals surface area contributed by atoms with Crippen LogP contribution in [-0.4, -0.2) is 21.0 Å². The number of hydrogen-bond donors (Lipinski definition) is 0. The summed E-state index contributed by atoms with van der Waals surface area (Å²) in [5.74, 6) is -0.244. The lowest BCUT2D eigenvalue weighted by molar-refractivity contribution is -0.146. The van der Waals surface area contributed by atoms with Crippen LogP contribution in [0.2, 0.25) is 0 Å². The minimum atomic E-state index is -3.72. The monoisotopic (exact) mass is 288 g/mol. The van der Waals surface area contributed by atoms with E-state index in [0.29, 0.717) is 6.61 Å². The molecule has 0 N–H and O–H groups in total. The highest BCUT2D eigenvalue weighted by Gasteiger charge is 2.52. The smallest absolute Gasteiger partial charge is 0.316 e. The van der Waals surface area contributed by atoms with Crippen molar-refractivity contribution in [3.63, 3.8) is 0 Å². The van der Waals surface area contributed by atoms with E-state index < -0.39 is 14.5 Å². The van der Waals surface area contributed by atoms with Crippen LogP contribution in [0.25, 0.3) is 0 Å². The molecular formula is C12H13ClO4S. The predicted octanol–water partition coefficient (Wildman–Crippen LogP) is 2.21. The molecule has 0 unspecified atom stereocenters. The van der Waals surface area contributed by atoms with Crippen LogP contribution in [0.4, 0.5) is 0 Å². The molecule has 1 aromatic carbocycles. The first kappa shape index (κ1) is 13.4. The van der Waals surface area contributed by atoms with Crippen molar-refractivity contribution >= 4 is 25.7 Å². The largest absolute Gasteiger partial charge is 0.465 e. The number of carbonyl (C=O) groups excluding carboxylic acids is 1. The minimum absolute atomic E-state index is 0.0348. The van der Waals surface area contributed by atoms with E-state index in [-0.39, 0.29) is 10.9 Å². The van der Waals surface area contributed by atoms with Gasteiger partial charge in [-0.2, -0.15) is 0 Å². The first-order valence-corrected chi connectivity index (χ1v) is 7.93. The van der Waals surface area contributed by atoms with E-state index >= 15 is 0 Å². The molecule has 0 atom stereocenters. The molecule has 98 valence electrons. The molecule has 1 fully saturated rings. The molecule has 1 aliphatic rings. The van der Waals surface area contributed by atoms with Gasteiger partial charge in [0.2, 0.25) is 0 Å². The summed E-state index contributed by atoms with van der Waals surface area (Å²) < 4.78 is 27.3. The molecule has 0 heterocycles. The first-order chi connectivity index (χ1) is 8.40. The summed E-state index contributed by atoms with van der Waals surface area (Å²) in [5.41, 5.74) is 0.204. The summed E-state index contributed by atoms with van der Waals surface area (Å²) in [7, 11) is 1.51. The topological polar surface area (TPSA) is 60.4 Å². The number of carbonyl (C=O) groups is 1. The molecule has 0 aliphatic heterocycles. The average Bonchev–Trinajstić information content (AvgIpc) is 3.09. The van der Waals surface area contributed by atoms with Crippen molar-refractivity contribution in [2.75, 3.05) is 6.61 Å². The zero-order valence-corrected chi connectivity index (χ0v) is 11.4. The van der Waals surface area contributed by atoms with Gasteiger partial charge < -0.3 is 4.74 Å². The summed E-state index contributed by atoms with van der Waals surface area (Å²) >= 11 is 0. The van der Waals surface area contributed by atoms with Crippen LogP contribution in [-0.2, 0) is 24.0 Å². The molecule has 0 saturated heterocycles. The molecule has 2 rings (SSSR count). The fourth-order valence-electron chi connectivity index (χ4n) is 1.94. The van der Waals surface area contributed by atoms with Gasteiger partial charge in [0.05, 0.1) is 16.9 Å². The molecule has 4 nitrogen and oxygen atoms in total. The molecule has 0 bridgehead atoms. The average molecular weight is 289 g/mol. The molecular weight excluding hydrogens is 276 g/mol. The second-order valence-corrected chi connectivity index (χ2v) is 6.83. The van der Waals surface area contributed by atoms with E-state index in [1.807, 2.05) is 0 Å². The van der Waals surface area contributed by atoms with Gasteiger partial charge in [0.25, 0.3) is 9.05 Å². The normalized spacial score (nSPS) is 17.2. The highest BCUT2D eigenvalue weighted by molar-refractivity contribution is 8.13. The van der Waals surface area contributed by atoms with E-state index in [2.05, 4.69) is 0 Å². The van der Waals surface area contributed by atoms with Gasteiger partial charge in [-0.25, -0.2) is 8.42 Å². The van der Waals surface area contributed by atoms with E-state index in [1.165, 1.54) is 12.1 Å². The molecule has 1 aliphatic carbocycles. The van der Waals surface area contributed by atoms with Crippen molar-refractivity contribution in [3.8, 4) is 0 Å². The van der Waals surface area contributed by atoms with Crippen molar-refractivity contribution in [3.05, 3.63) is 29.8 Å². The van der Waals surface area contributed by atoms with Gasteiger partial charge in [0, 0.05) is 10.7 Å². The van der Waals surface area contributed by atoms with Crippen molar-refractivity contribution in [1.29, 1.82) is 0 Å². The van der Waals surface area contributed by atoms with Crippen LogP contribution in [0, 0.1) is 0 Å². The molecule has 0 aromatic heterocycles. The number of benzene rings is 1. The Kier molecular flexibility index (Phi) is 3.38. The predicted molar refractivity (Wildman–Crippen MR) is 67.0 cm³/mol. The SMILES string of the molecule is CCOC(=O)C1(c2ccc(S(=O)(=O)Cl)cc2)CC1. The van der Waals surface area contributed by atoms with Crippen LogP contribution >= 0.6 is 10.7 Å². The lowest BCUT2D eigenvalue weighted by atomic mass is 9.96. The number of halogens is 1. The van der Waals surface area contributed by atoms with Gasteiger partial charge in [-0.1, -0.05) is 12.1 Å². The van der Waals surface area contributed by atoms with Crippen molar-refractivity contribution < 1.29 is 17.9 Å². The van der Waals surface area contributed by atoms with Crippen LogP contribution in [0.3, 0.4) is 0 Å². The van der Waals surface area contributed by atoms with Gasteiger partial charge in [0.1, 0.15) is 0 Å². The highest BCUT2D eigenvalue weighted by Crippen LogP contribution is 2.49. The molecule has 18 heavy (non-hydrogen) atoms. The second kappa shape index (κ2) is 4.55. The molecule has 0 amide bonds. The van der Waals surface area contributed by atoms with E-state index in [0.717, 1.165) is 18.4 Å². The quantitative estimate of drug-likeness (QED) is 0.629. The number of ether oxygens (including phenoxy) is 1. The summed E-state index contributed by atoms with van der Waals surface area (Å²) in [5, 5.41) is 0. The third kappa shape index (κ3) is 2.37. The van der Waals surface area contributed by atoms with Gasteiger partial charge in [-0.3, -0.25) is 4.79 Å². The fraction of sp³-hybridized carbons (Fsp3) is 0.417. The molecule has 1 saturated carbocycles. The fourth-order valence-corrected chi connectivity index (χ4v) is 2.71. The van der Waals surface area contributed by atoms with Crippen LogP contribution in [0.1, 0.15) is 25.3 Å². The maximum Gasteiger partial charge on any atom is 0.316 e. The van der Waals surface area contributed by atoms with Gasteiger partial charge in [-0.15, -0.1) is 0 Å². The zero-order chi connectivity index (χ0) is 13.4. The number of rotatable bonds is 4. The summed E-state index contributed by atoms with van der Waals surface area (Å²) in [6.07, 6.45) is 1.47. The lowest BCUT2D eigenvalue weighted by Gasteiger charge is -2.14. The number of hydrogen-bond acceptors (Lipinski definition) is 4. The Morgan fingerprint density at radius 3 is 2.28 bits per heavy atom. The van der Waals surface area contributed by atoms with E-state index in [9.17, 15) is 13.2 Å². The Morgan fingerprint density at radius 2 is 1.89 bits per heavy atom. The summed E-state index contributed by atoms with van der Waals surface area (Å²) in [6.45, 7) is 2.10. The molecule has 0 spiro atoms.